The van der Waals surface area contributed by atoms with Gasteiger partial charge in [-0.3, -0.25) is 4.68 Å². The summed E-state index contributed by atoms with van der Waals surface area (Å²) in [5.74, 6) is 0.714. The van der Waals surface area contributed by atoms with Gasteiger partial charge in [0.15, 0.2) is 0 Å². The summed E-state index contributed by atoms with van der Waals surface area (Å²) in [6.45, 7) is 4.00. The molecule has 4 nitrogen and oxygen atoms in total. The van der Waals surface area contributed by atoms with E-state index >= 15 is 0 Å². The summed E-state index contributed by atoms with van der Waals surface area (Å²) in [6.07, 6.45) is 3.12. The highest BCUT2D eigenvalue weighted by atomic mass is 16.5. The first-order valence-corrected chi connectivity index (χ1v) is 4.55. The molecule has 1 rings (SSSR count). The first-order chi connectivity index (χ1) is 6.27. The Balaban J connectivity index is 2.53. The second kappa shape index (κ2) is 4.87. The molecule has 0 spiro atoms. The van der Waals surface area contributed by atoms with Crippen LogP contribution in [-0.2, 0) is 13.6 Å². The minimum Gasteiger partial charge on any atom is -0.480 e. The molecule has 1 N–H and O–H groups in total. The lowest BCUT2D eigenvalue weighted by molar-refractivity contribution is 0.386. The molecule has 0 radical (unpaired) electrons. The van der Waals surface area contributed by atoms with Crippen LogP contribution in [0.3, 0.4) is 0 Å². The third-order valence-electron chi connectivity index (χ3n) is 1.80. The number of nitrogens with one attached hydrogen (secondary N) is 1. The van der Waals surface area contributed by atoms with Gasteiger partial charge in [0.1, 0.15) is 0 Å². The van der Waals surface area contributed by atoms with Crippen molar-refractivity contribution in [1.82, 2.24) is 15.1 Å². The van der Waals surface area contributed by atoms with Crippen LogP contribution in [0.5, 0.6) is 5.88 Å². The molecule has 0 saturated carbocycles. The summed E-state index contributed by atoms with van der Waals surface area (Å²) in [6, 6.07) is 0. The second-order valence-corrected chi connectivity index (χ2v) is 3.01. The molecule has 0 bridgehead atoms. The number of hydrogen-bond acceptors (Lipinski definition) is 3. The summed E-state index contributed by atoms with van der Waals surface area (Å²) in [5, 5.41) is 7.47. The molecule has 0 fully saturated rings. The van der Waals surface area contributed by atoms with E-state index in [0.717, 1.165) is 25.1 Å². The van der Waals surface area contributed by atoms with Crippen LogP contribution in [0.2, 0.25) is 0 Å². The van der Waals surface area contributed by atoms with Gasteiger partial charge in [-0.1, -0.05) is 6.92 Å². The monoisotopic (exact) mass is 183 g/mol. The van der Waals surface area contributed by atoms with Gasteiger partial charge in [-0.25, -0.2) is 0 Å². The maximum Gasteiger partial charge on any atom is 0.237 e. The Hall–Kier alpha value is -1.03. The molecule has 4 heteroatoms. The van der Waals surface area contributed by atoms with Gasteiger partial charge in [0.2, 0.25) is 5.88 Å². The highest BCUT2D eigenvalue weighted by Gasteiger charge is 2.05. The van der Waals surface area contributed by atoms with Gasteiger partial charge in [-0.05, 0) is 13.0 Å². The lowest BCUT2D eigenvalue weighted by atomic mass is 10.3. The standard InChI is InChI=1S/C9H17N3O/c1-4-5-10-6-8-7-12(2)11-9(8)13-3/h7,10H,4-6H2,1-3H3. The van der Waals surface area contributed by atoms with Crippen molar-refractivity contribution >= 4 is 0 Å². The topological polar surface area (TPSA) is 39.1 Å². The lowest BCUT2D eigenvalue weighted by Crippen LogP contribution is -2.13. The minimum absolute atomic E-state index is 0.714. The maximum atomic E-state index is 5.12. The molecule has 0 aliphatic carbocycles. The van der Waals surface area contributed by atoms with Crippen LogP contribution < -0.4 is 10.1 Å². The molecule has 0 aliphatic heterocycles. The van der Waals surface area contributed by atoms with E-state index in [-0.39, 0.29) is 0 Å². The van der Waals surface area contributed by atoms with Crippen molar-refractivity contribution in [3.63, 3.8) is 0 Å². The molecular weight excluding hydrogens is 166 g/mol. The summed E-state index contributed by atoms with van der Waals surface area (Å²) >= 11 is 0. The van der Waals surface area contributed by atoms with E-state index in [1.54, 1.807) is 11.8 Å². The van der Waals surface area contributed by atoms with Crippen molar-refractivity contribution < 1.29 is 4.74 Å². The van der Waals surface area contributed by atoms with Crippen LogP contribution in [0.1, 0.15) is 18.9 Å². The maximum absolute atomic E-state index is 5.12. The molecule has 1 heterocycles. The van der Waals surface area contributed by atoms with Gasteiger partial charge >= 0.3 is 0 Å². The Morgan fingerprint density at radius 2 is 2.38 bits per heavy atom. The first-order valence-electron chi connectivity index (χ1n) is 4.55. The quantitative estimate of drug-likeness (QED) is 0.690. The Morgan fingerprint density at radius 1 is 1.62 bits per heavy atom. The smallest absolute Gasteiger partial charge is 0.237 e. The van der Waals surface area contributed by atoms with E-state index in [1.807, 2.05) is 13.2 Å². The van der Waals surface area contributed by atoms with Crippen molar-refractivity contribution in [3.8, 4) is 5.88 Å². The van der Waals surface area contributed by atoms with E-state index in [4.69, 9.17) is 4.74 Å². The van der Waals surface area contributed by atoms with E-state index < -0.39 is 0 Å². The van der Waals surface area contributed by atoms with E-state index in [2.05, 4.69) is 17.3 Å². The number of nitrogens with zero attached hydrogens (tertiary/aromatic N) is 2. The number of aryl methyl sites for hydroxylation is 1. The van der Waals surface area contributed by atoms with Gasteiger partial charge in [0.05, 0.1) is 7.11 Å². The molecule has 1 aromatic rings. The van der Waals surface area contributed by atoms with Crippen LogP contribution in [0.4, 0.5) is 0 Å². The highest BCUT2D eigenvalue weighted by molar-refractivity contribution is 5.22. The van der Waals surface area contributed by atoms with Gasteiger partial charge in [-0.2, -0.15) is 0 Å². The summed E-state index contributed by atoms with van der Waals surface area (Å²) in [7, 11) is 3.54. The van der Waals surface area contributed by atoms with Crippen LogP contribution >= 0.6 is 0 Å². The molecule has 0 unspecified atom stereocenters. The Labute approximate surface area is 78.9 Å². The van der Waals surface area contributed by atoms with Crippen molar-refractivity contribution in [1.29, 1.82) is 0 Å². The first kappa shape index (κ1) is 10.1. The van der Waals surface area contributed by atoms with Crippen molar-refractivity contribution in [2.24, 2.45) is 7.05 Å². The average Bonchev–Trinajstić information content (AvgIpc) is 2.47. The minimum atomic E-state index is 0.714. The average molecular weight is 183 g/mol. The summed E-state index contributed by atoms with van der Waals surface area (Å²) < 4.78 is 6.89. The fraction of sp³-hybridized carbons (Fsp3) is 0.667. The number of aromatic nitrogens is 2. The Kier molecular flexibility index (Phi) is 3.76. The molecule has 0 saturated heterocycles. The van der Waals surface area contributed by atoms with Gasteiger partial charge in [0, 0.05) is 25.4 Å². The van der Waals surface area contributed by atoms with Crippen LogP contribution in [0, 0.1) is 0 Å². The molecule has 0 aliphatic rings. The van der Waals surface area contributed by atoms with Gasteiger partial charge in [-0.15, -0.1) is 5.10 Å². The van der Waals surface area contributed by atoms with Crippen LogP contribution in [0.15, 0.2) is 6.20 Å². The lowest BCUT2D eigenvalue weighted by Gasteiger charge is -2.01. The Morgan fingerprint density at radius 3 is 3.00 bits per heavy atom. The predicted molar refractivity (Wildman–Crippen MR) is 51.8 cm³/mol. The fourth-order valence-corrected chi connectivity index (χ4v) is 1.21. The zero-order valence-electron chi connectivity index (χ0n) is 8.50. The van der Waals surface area contributed by atoms with Crippen molar-refractivity contribution in [3.05, 3.63) is 11.8 Å². The number of hydrogen-bond donors (Lipinski definition) is 1. The van der Waals surface area contributed by atoms with Crippen LogP contribution in [0.25, 0.3) is 0 Å². The van der Waals surface area contributed by atoms with Gasteiger partial charge < -0.3 is 10.1 Å². The van der Waals surface area contributed by atoms with Crippen molar-refractivity contribution in [2.75, 3.05) is 13.7 Å². The SMILES string of the molecule is CCCNCc1cn(C)nc1OC. The molecule has 0 aromatic carbocycles. The number of ether oxygens (including phenoxy) is 1. The molecule has 1 aromatic heterocycles. The van der Waals surface area contributed by atoms with E-state index in [9.17, 15) is 0 Å². The normalized spacial score (nSPS) is 10.4. The second-order valence-electron chi connectivity index (χ2n) is 3.01. The summed E-state index contributed by atoms with van der Waals surface area (Å²) in [5.41, 5.74) is 1.11. The van der Waals surface area contributed by atoms with E-state index in [0.29, 0.717) is 5.88 Å². The summed E-state index contributed by atoms with van der Waals surface area (Å²) in [4.78, 5) is 0. The van der Waals surface area contributed by atoms with Crippen LogP contribution in [-0.4, -0.2) is 23.4 Å². The zero-order chi connectivity index (χ0) is 9.68. The third kappa shape index (κ3) is 2.73. The van der Waals surface area contributed by atoms with Gasteiger partial charge in [0.25, 0.3) is 0 Å². The number of rotatable bonds is 5. The molecule has 13 heavy (non-hydrogen) atoms. The van der Waals surface area contributed by atoms with E-state index in [1.165, 1.54) is 0 Å². The molecule has 0 atom stereocenters. The predicted octanol–water partition coefficient (Wildman–Crippen LogP) is 0.928. The molecule has 74 valence electrons. The third-order valence-corrected chi connectivity index (χ3v) is 1.80. The highest BCUT2D eigenvalue weighted by Crippen LogP contribution is 2.13. The number of methoxy groups -OCH3 is 1. The Bertz CT molecular complexity index is 257. The largest absolute Gasteiger partial charge is 0.480 e. The molecule has 0 amide bonds. The zero-order valence-corrected chi connectivity index (χ0v) is 8.50. The molecular formula is C9H17N3O. The van der Waals surface area contributed by atoms with Crippen molar-refractivity contribution in [2.45, 2.75) is 19.9 Å². The fourth-order valence-electron chi connectivity index (χ4n) is 1.21.